The van der Waals surface area contributed by atoms with Gasteiger partial charge in [0.2, 0.25) is 0 Å². The van der Waals surface area contributed by atoms with E-state index in [9.17, 15) is 4.79 Å². The Hall–Kier alpha value is -0.480. The summed E-state index contributed by atoms with van der Waals surface area (Å²) in [5.41, 5.74) is 0. The Morgan fingerprint density at radius 1 is 0.792 bits per heavy atom. The SMILES string of the molecule is CCCCCCCCCCCCCCCCOC(=O)NCCO.Cl. The number of alkyl carbamates (subject to hydrolysis) is 1. The minimum Gasteiger partial charge on any atom is -0.450 e. The van der Waals surface area contributed by atoms with Gasteiger partial charge in [-0.1, -0.05) is 90.4 Å². The van der Waals surface area contributed by atoms with Crippen LogP contribution in [-0.4, -0.2) is 31.0 Å². The van der Waals surface area contributed by atoms with E-state index in [2.05, 4.69) is 12.2 Å². The van der Waals surface area contributed by atoms with Gasteiger partial charge in [0.1, 0.15) is 0 Å². The molecule has 0 aromatic heterocycles. The fourth-order valence-corrected chi connectivity index (χ4v) is 2.67. The molecular weight excluding hydrogens is 326 g/mol. The van der Waals surface area contributed by atoms with Crippen molar-refractivity contribution in [2.75, 3.05) is 19.8 Å². The minimum atomic E-state index is -0.422. The molecule has 146 valence electrons. The van der Waals surface area contributed by atoms with Crippen LogP contribution in [0.1, 0.15) is 96.8 Å². The lowest BCUT2D eigenvalue weighted by Crippen LogP contribution is -2.27. The van der Waals surface area contributed by atoms with Gasteiger partial charge in [-0.25, -0.2) is 4.79 Å². The number of amides is 1. The molecule has 24 heavy (non-hydrogen) atoms. The standard InChI is InChI=1S/C19H39NO3.ClH/c1-2-3-4-5-6-7-8-9-10-11-12-13-14-15-18-23-19(22)20-16-17-21;/h21H,2-18H2,1H3,(H,20,22);1H. The van der Waals surface area contributed by atoms with E-state index < -0.39 is 6.09 Å². The molecule has 1 amide bonds. The van der Waals surface area contributed by atoms with Crippen LogP contribution < -0.4 is 5.32 Å². The molecule has 4 nitrogen and oxygen atoms in total. The number of aliphatic hydroxyl groups is 1. The van der Waals surface area contributed by atoms with Crippen molar-refractivity contribution in [2.24, 2.45) is 0 Å². The van der Waals surface area contributed by atoms with Gasteiger partial charge in [-0.05, 0) is 6.42 Å². The number of hydrogen-bond acceptors (Lipinski definition) is 3. The van der Waals surface area contributed by atoms with Crippen molar-refractivity contribution in [1.82, 2.24) is 5.32 Å². The molecule has 0 aliphatic carbocycles. The van der Waals surface area contributed by atoms with Crippen molar-refractivity contribution < 1.29 is 14.6 Å². The van der Waals surface area contributed by atoms with Crippen molar-refractivity contribution in [1.29, 1.82) is 0 Å². The zero-order valence-corrected chi connectivity index (χ0v) is 16.5. The number of nitrogens with one attached hydrogen (secondary N) is 1. The number of carbonyl (C=O) groups excluding carboxylic acids is 1. The third kappa shape index (κ3) is 21.5. The Morgan fingerprint density at radius 2 is 1.21 bits per heavy atom. The van der Waals surface area contributed by atoms with Gasteiger partial charge in [0.25, 0.3) is 0 Å². The van der Waals surface area contributed by atoms with Crippen LogP contribution >= 0.6 is 12.4 Å². The van der Waals surface area contributed by atoms with Gasteiger partial charge in [-0.15, -0.1) is 12.4 Å². The average Bonchev–Trinajstić information content (AvgIpc) is 2.56. The molecule has 0 aliphatic heterocycles. The molecule has 0 heterocycles. The number of unbranched alkanes of at least 4 members (excludes halogenated alkanes) is 13. The summed E-state index contributed by atoms with van der Waals surface area (Å²) in [6, 6.07) is 0. The van der Waals surface area contributed by atoms with E-state index in [4.69, 9.17) is 9.84 Å². The quantitative estimate of drug-likeness (QED) is 0.329. The van der Waals surface area contributed by atoms with Crippen LogP contribution in [0.25, 0.3) is 0 Å². The largest absolute Gasteiger partial charge is 0.450 e. The highest BCUT2D eigenvalue weighted by molar-refractivity contribution is 5.85. The van der Waals surface area contributed by atoms with Crippen molar-refractivity contribution in [3.8, 4) is 0 Å². The van der Waals surface area contributed by atoms with Crippen LogP contribution in [-0.2, 0) is 4.74 Å². The molecule has 0 aliphatic rings. The fourth-order valence-electron chi connectivity index (χ4n) is 2.67. The lowest BCUT2D eigenvalue weighted by atomic mass is 10.0. The summed E-state index contributed by atoms with van der Waals surface area (Å²) < 4.78 is 4.99. The first-order valence-electron chi connectivity index (χ1n) is 9.82. The maximum absolute atomic E-state index is 11.1. The predicted octanol–water partition coefficient (Wildman–Crippen LogP) is 5.61. The van der Waals surface area contributed by atoms with Crippen molar-refractivity contribution >= 4 is 18.5 Å². The Labute approximate surface area is 155 Å². The van der Waals surface area contributed by atoms with Crippen molar-refractivity contribution in [3.63, 3.8) is 0 Å². The highest BCUT2D eigenvalue weighted by Crippen LogP contribution is 2.12. The van der Waals surface area contributed by atoms with Crippen LogP contribution in [0.4, 0.5) is 4.79 Å². The van der Waals surface area contributed by atoms with Gasteiger partial charge >= 0.3 is 6.09 Å². The van der Waals surface area contributed by atoms with Crippen LogP contribution in [0.3, 0.4) is 0 Å². The van der Waals surface area contributed by atoms with E-state index in [1.807, 2.05) is 0 Å². The van der Waals surface area contributed by atoms with E-state index in [0.717, 1.165) is 12.8 Å². The first-order valence-corrected chi connectivity index (χ1v) is 9.82. The lowest BCUT2D eigenvalue weighted by molar-refractivity contribution is 0.141. The first kappa shape index (κ1) is 25.8. The zero-order chi connectivity index (χ0) is 17.0. The van der Waals surface area contributed by atoms with Crippen LogP contribution in [0.2, 0.25) is 0 Å². The predicted molar refractivity (Wildman–Crippen MR) is 104 cm³/mol. The van der Waals surface area contributed by atoms with E-state index in [0.29, 0.717) is 6.61 Å². The Morgan fingerprint density at radius 3 is 1.62 bits per heavy atom. The molecule has 0 rings (SSSR count). The Bertz CT molecular complexity index is 253. The molecule has 0 atom stereocenters. The third-order valence-corrected chi connectivity index (χ3v) is 4.11. The van der Waals surface area contributed by atoms with Gasteiger partial charge in [-0.3, -0.25) is 0 Å². The maximum Gasteiger partial charge on any atom is 0.407 e. The highest BCUT2D eigenvalue weighted by Gasteiger charge is 1.99. The average molecular weight is 366 g/mol. The number of rotatable bonds is 17. The number of aliphatic hydroxyl groups excluding tert-OH is 1. The summed E-state index contributed by atoms with van der Waals surface area (Å²) in [5, 5.41) is 11.0. The van der Waals surface area contributed by atoms with Crippen molar-refractivity contribution in [2.45, 2.75) is 96.8 Å². The lowest BCUT2D eigenvalue weighted by Gasteiger charge is -2.06. The summed E-state index contributed by atoms with van der Waals surface area (Å²) in [7, 11) is 0. The Kier molecular flexibility index (Phi) is 24.2. The second-order valence-corrected chi connectivity index (χ2v) is 6.38. The summed E-state index contributed by atoms with van der Waals surface area (Å²) in [6.07, 6.45) is 18.1. The van der Waals surface area contributed by atoms with Crippen LogP contribution in [0, 0.1) is 0 Å². The summed E-state index contributed by atoms with van der Waals surface area (Å²) >= 11 is 0. The normalized spacial score (nSPS) is 10.2. The third-order valence-electron chi connectivity index (χ3n) is 4.11. The van der Waals surface area contributed by atoms with Crippen LogP contribution in [0.5, 0.6) is 0 Å². The highest BCUT2D eigenvalue weighted by atomic mass is 35.5. The monoisotopic (exact) mass is 365 g/mol. The molecule has 0 saturated heterocycles. The van der Waals surface area contributed by atoms with Gasteiger partial charge in [0.05, 0.1) is 13.2 Å². The molecule has 0 bridgehead atoms. The minimum absolute atomic E-state index is 0. The van der Waals surface area contributed by atoms with E-state index >= 15 is 0 Å². The fraction of sp³-hybridized carbons (Fsp3) is 0.947. The molecule has 0 unspecified atom stereocenters. The molecule has 0 aromatic rings. The maximum atomic E-state index is 11.1. The molecule has 5 heteroatoms. The number of hydrogen-bond donors (Lipinski definition) is 2. The van der Waals surface area contributed by atoms with Gasteiger partial charge in [0, 0.05) is 6.54 Å². The van der Waals surface area contributed by atoms with Gasteiger partial charge < -0.3 is 15.2 Å². The second kappa shape index (κ2) is 22.5. The molecule has 0 saturated carbocycles. The molecular formula is C19H40ClNO3. The van der Waals surface area contributed by atoms with Crippen LogP contribution in [0.15, 0.2) is 0 Å². The van der Waals surface area contributed by atoms with Gasteiger partial charge in [0.15, 0.2) is 0 Å². The van der Waals surface area contributed by atoms with E-state index in [-0.39, 0.29) is 25.6 Å². The van der Waals surface area contributed by atoms with E-state index in [1.165, 1.54) is 77.0 Å². The molecule has 2 N–H and O–H groups in total. The van der Waals surface area contributed by atoms with Crippen molar-refractivity contribution in [3.05, 3.63) is 0 Å². The summed E-state index contributed by atoms with van der Waals surface area (Å²) in [4.78, 5) is 11.1. The smallest absolute Gasteiger partial charge is 0.407 e. The molecule has 0 fully saturated rings. The second-order valence-electron chi connectivity index (χ2n) is 6.38. The summed E-state index contributed by atoms with van der Waals surface area (Å²) in [5.74, 6) is 0. The summed E-state index contributed by atoms with van der Waals surface area (Å²) in [6.45, 7) is 2.96. The number of carbonyl (C=O) groups is 1. The van der Waals surface area contributed by atoms with Gasteiger partial charge in [-0.2, -0.15) is 0 Å². The zero-order valence-electron chi connectivity index (χ0n) is 15.7. The number of halogens is 1. The molecule has 0 aromatic carbocycles. The topological polar surface area (TPSA) is 58.6 Å². The molecule has 0 spiro atoms. The van der Waals surface area contributed by atoms with E-state index in [1.54, 1.807) is 0 Å². The Balaban J connectivity index is 0. The molecule has 0 radical (unpaired) electrons. The number of ether oxygens (including phenoxy) is 1. The first-order chi connectivity index (χ1) is 11.3.